The molecular formula is C15H12ClN3O. The van der Waals surface area contributed by atoms with Crippen LogP contribution >= 0.6 is 11.6 Å². The first-order valence-electron chi connectivity index (χ1n) is 5.93. The predicted molar refractivity (Wildman–Crippen MR) is 79.4 cm³/mol. The number of nitriles is 1. The summed E-state index contributed by atoms with van der Waals surface area (Å²) in [7, 11) is 0. The number of rotatable bonds is 3. The molecule has 0 fully saturated rings. The second kappa shape index (κ2) is 6.09. The lowest BCUT2D eigenvalue weighted by Gasteiger charge is -2.09. The first-order valence-corrected chi connectivity index (χ1v) is 6.31. The highest BCUT2D eigenvalue weighted by molar-refractivity contribution is 6.31. The van der Waals surface area contributed by atoms with Gasteiger partial charge >= 0.3 is 0 Å². The molecule has 0 saturated carbocycles. The number of halogens is 1. The number of carbonyl (C=O) groups excluding carboxylic acids is 1. The predicted octanol–water partition coefficient (Wildman–Crippen LogP) is 2.98. The van der Waals surface area contributed by atoms with Gasteiger partial charge in [-0.05, 0) is 29.8 Å². The van der Waals surface area contributed by atoms with Crippen molar-refractivity contribution in [1.29, 1.82) is 5.26 Å². The largest absolute Gasteiger partial charge is 0.397 e. The Balaban J connectivity index is 2.09. The molecule has 2 aromatic carbocycles. The molecule has 0 aromatic heterocycles. The number of nitrogens with two attached hydrogens (primary N) is 1. The van der Waals surface area contributed by atoms with Crippen molar-refractivity contribution >= 4 is 28.9 Å². The topological polar surface area (TPSA) is 78.9 Å². The zero-order valence-electron chi connectivity index (χ0n) is 10.6. The fraction of sp³-hybridized carbons (Fsp3) is 0.0667. The summed E-state index contributed by atoms with van der Waals surface area (Å²) in [4.78, 5) is 12.0. The molecule has 0 heterocycles. The van der Waals surface area contributed by atoms with Gasteiger partial charge in [0.25, 0.3) is 0 Å². The minimum absolute atomic E-state index is 0.166. The van der Waals surface area contributed by atoms with E-state index >= 15 is 0 Å². The van der Waals surface area contributed by atoms with Crippen LogP contribution in [0, 0.1) is 11.3 Å². The number of carbonyl (C=O) groups is 1. The standard InChI is InChI=1S/C15H12ClN3O/c16-12-4-2-1-3-11(12)8-15(20)19-14-6-5-10(9-17)7-13(14)18/h1-7H,8,18H2,(H,19,20). The average Bonchev–Trinajstić information content (AvgIpc) is 2.43. The minimum Gasteiger partial charge on any atom is -0.397 e. The summed E-state index contributed by atoms with van der Waals surface area (Å²) in [6, 6.07) is 13.9. The Bertz CT molecular complexity index is 692. The molecule has 1 amide bonds. The minimum atomic E-state index is -0.213. The number of hydrogen-bond donors (Lipinski definition) is 2. The van der Waals surface area contributed by atoms with Crippen molar-refractivity contribution in [3.8, 4) is 6.07 Å². The van der Waals surface area contributed by atoms with E-state index in [9.17, 15) is 4.79 Å². The average molecular weight is 286 g/mol. The Labute approximate surface area is 121 Å². The number of amides is 1. The molecule has 2 aromatic rings. The van der Waals surface area contributed by atoms with Gasteiger partial charge in [-0.3, -0.25) is 4.79 Å². The van der Waals surface area contributed by atoms with Crippen LogP contribution in [-0.2, 0) is 11.2 Å². The van der Waals surface area contributed by atoms with Crippen molar-refractivity contribution in [2.45, 2.75) is 6.42 Å². The Morgan fingerprint density at radius 2 is 2.05 bits per heavy atom. The van der Waals surface area contributed by atoms with Gasteiger partial charge in [0.2, 0.25) is 5.91 Å². The molecule has 0 aliphatic carbocycles. The molecule has 20 heavy (non-hydrogen) atoms. The number of nitrogen functional groups attached to an aromatic ring is 1. The van der Waals surface area contributed by atoms with Crippen molar-refractivity contribution in [2.75, 3.05) is 11.1 Å². The third kappa shape index (κ3) is 3.28. The molecule has 2 rings (SSSR count). The van der Waals surface area contributed by atoms with Crippen LogP contribution in [0.1, 0.15) is 11.1 Å². The summed E-state index contributed by atoms with van der Waals surface area (Å²) in [5.74, 6) is -0.213. The van der Waals surface area contributed by atoms with E-state index in [0.29, 0.717) is 22.0 Å². The summed E-state index contributed by atoms with van der Waals surface area (Å²) in [5.41, 5.74) is 7.82. The van der Waals surface area contributed by atoms with Gasteiger partial charge in [-0.25, -0.2) is 0 Å². The second-order valence-electron chi connectivity index (χ2n) is 4.23. The Morgan fingerprint density at radius 3 is 2.70 bits per heavy atom. The SMILES string of the molecule is N#Cc1ccc(NC(=O)Cc2ccccc2Cl)c(N)c1. The van der Waals surface area contributed by atoms with Crippen molar-refractivity contribution < 1.29 is 4.79 Å². The van der Waals surface area contributed by atoms with Gasteiger partial charge in [-0.15, -0.1) is 0 Å². The van der Waals surface area contributed by atoms with E-state index in [1.807, 2.05) is 18.2 Å². The smallest absolute Gasteiger partial charge is 0.228 e. The zero-order chi connectivity index (χ0) is 14.5. The molecule has 100 valence electrons. The molecule has 0 bridgehead atoms. The Hall–Kier alpha value is -2.51. The normalized spacial score (nSPS) is 9.80. The number of benzene rings is 2. The summed E-state index contributed by atoms with van der Waals surface area (Å²) in [6.07, 6.45) is 0.166. The highest BCUT2D eigenvalue weighted by Gasteiger charge is 2.09. The molecule has 0 unspecified atom stereocenters. The van der Waals surface area contributed by atoms with Gasteiger partial charge in [-0.2, -0.15) is 5.26 Å². The van der Waals surface area contributed by atoms with Crippen molar-refractivity contribution in [1.82, 2.24) is 0 Å². The van der Waals surface area contributed by atoms with Gasteiger partial charge in [0, 0.05) is 5.02 Å². The van der Waals surface area contributed by atoms with E-state index in [4.69, 9.17) is 22.6 Å². The number of nitrogens with zero attached hydrogens (tertiary/aromatic N) is 1. The van der Waals surface area contributed by atoms with Crippen LogP contribution in [0.3, 0.4) is 0 Å². The molecule has 0 radical (unpaired) electrons. The quantitative estimate of drug-likeness (QED) is 0.851. The molecule has 0 aliphatic heterocycles. The fourth-order valence-corrected chi connectivity index (χ4v) is 1.96. The molecule has 3 N–H and O–H groups in total. The first-order chi connectivity index (χ1) is 9.60. The van der Waals surface area contributed by atoms with Crippen LogP contribution in [0.4, 0.5) is 11.4 Å². The van der Waals surface area contributed by atoms with E-state index in [0.717, 1.165) is 5.56 Å². The van der Waals surface area contributed by atoms with Crippen LogP contribution in [0.15, 0.2) is 42.5 Å². The van der Waals surface area contributed by atoms with E-state index in [2.05, 4.69) is 5.32 Å². The maximum atomic E-state index is 12.0. The van der Waals surface area contributed by atoms with Gasteiger partial charge in [0.1, 0.15) is 0 Å². The van der Waals surface area contributed by atoms with Crippen molar-refractivity contribution in [3.63, 3.8) is 0 Å². The summed E-state index contributed by atoms with van der Waals surface area (Å²) < 4.78 is 0. The molecule has 0 aliphatic rings. The maximum absolute atomic E-state index is 12.0. The third-order valence-corrected chi connectivity index (χ3v) is 3.13. The van der Waals surface area contributed by atoms with Gasteiger partial charge in [0.05, 0.1) is 29.4 Å². The lowest BCUT2D eigenvalue weighted by Crippen LogP contribution is -2.15. The summed E-state index contributed by atoms with van der Waals surface area (Å²) >= 11 is 6.00. The van der Waals surface area contributed by atoms with Crippen LogP contribution in [0.2, 0.25) is 5.02 Å². The summed E-state index contributed by atoms with van der Waals surface area (Å²) in [5, 5.41) is 12.0. The maximum Gasteiger partial charge on any atom is 0.228 e. The highest BCUT2D eigenvalue weighted by atomic mass is 35.5. The molecule has 0 spiro atoms. The van der Waals surface area contributed by atoms with Crippen LogP contribution < -0.4 is 11.1 Å². The number of nitrogens with one attached hydrogen (secondary N) is 1. The van der Waals surface area contributed by atoms with Gasteiger partial charge in [0.15, 0.2) is 0 Å². The number of anilines is 2. The summed E-state index contributed by atoms with van der Waals surface area (Å²) in [6.45, 7) is 0. The lowest BCUT2D eigenvalue weighted by atomic mass is 10.1. The van der Waals surface area contributed by atoms with E-state index in [1.165, 1.54) is 6.07 Å². The molecular weight excluding hydrogens is 274 g/mol. The molecule has 5 heteroatoms. The van der Waals surface area contributed by atoms with E-state index in [1.54, 1.807) is 24.3 Å². The van der Waals surface area contributed by atoms with Crippen LogP contribution in [-0.4, -0.2) is 5.91 Å². The Kier molecular flexibility index (Phi) is 4.24. The van der Waals surface area contributed by atoms with Crippen molar-refractivity contribution in [2.24, 2.45) is 0 Å². The number of hydrogen-bond acceptors (Lipinski definition) is 3. The van der Waals surface area contributed by atoms with Gasteiger partial charge in [-0.1, -0.05) is 29.8 Å². The fourth-order valence-electron chi connectivity index (χ4n) is 1.76. The highest BCUT2D eigenvalue weighted by Crippen LogP contribution is 2.21. The molecule has 0 atom stereocenters. The monoisotopic (exact) mass is 285 g/mol. The second-order valence-corrected chi connectivity index (χ2v) is 4.64. The molecule has 4 nitrogen and oxygen atoms in total. The van der Waals surface area contributed by atoms with E-state index in [-0.39, 0.29) is 12.3 Å². The first kappa shape index (κ1) is 13.9. The van der Waals surface area contributed by atoms with E-state index < -0.39 is 0 Å². The Morgan fingerprint density at radius 1 is 1.30 bits per heavy atom. The third-order valence-electron chi connectivity index (χ3n) is 2.76. The van der Waals surface area contributed by atoms with Crippen molar-refractivity contribution in [3.05, 3.63) is 58.6 Å². The van der Waals surface area contributed by atoms with Gasteiger partial charge < -0.3 is 11.1 Å². The van der Waals surface area contributed by atoms with Crippen LogP contribution in [0.5, 0.6) is 0 Å². The zero-order valence-corrected chi connectivity index (χ0v) is 11.3. The van der Waals surface area contributed by atoms with Crippen LogP contribution in [0.25, 0.3) is 0 Å². The lowest BCUT2D eigenvalue weighted by molar-refractivity contribution is -0.115. The molecule has 0 saturated heterocycles.